The average Bonchev–Trinajstić information content (AvgIpc) is 2.27. The van der Waals surface area contributed by atoms with Crippen molar-refractivity contribution in [3.63, 3.8) is 0 Å². The van der Waals surface area contributed by atoms with Gasteiger partial charge in [0.05, 0.1) is 6.07 Å². The Balaban J connectivity index is 2.80. The van der Waals surface area contributed by atoms with Crippen molar-refractivity contribution in [2.45, 2.75) is 19.4 Å². The number of carbonyl (C=O) groups is 1. The van der Waals surface area contributed by atoms with Crippen LogP contribution in [0.25, 0.3) is 0 Å². The molecule has 0 aliphatic carbocycles. The summed E-state index contributed by atoms with van der Waals surface area (Å²) in [5.41, 5.74) is 0.740. The lowest BCUT2D eigenvalue weighted by molar-refractivity contribution is -0.121. The lowest BCUT2D eigenvalue weighted by atomic mass is 10.1. The van der Waals surface area contributed by atoms with Gasteiger partial charge in [-0.1, -0.05) is 30.7 Å². The summed E-state index contributed by atoms with van der Waals surface area (Å²) in [5.74, 6) is -0.142. The molecule has 0 saturated heterocycles. The highest BCUT2D eigenvalue weighted by Gasteiger charge is 2.11. The number of nitriles is 1. The van der Waals surface area contributed by atoms with Gasteiger partial charge < -0.3 is 5.32 Å². The first-order chi connectivity index (χ1) is 7.17. The zero-order valence-electron chi connectivity index (χ0n) is 8.33. The minimum Gasteiger partial charge on any atom is -0.337 e. The molecule has 1 N–H and O–H groups in total. The Morgan fingerprint density at radius 1 is 1.53 bits per heavy atom. The molecule has 1 amide bonds. The molecular weight excluding hydrogens is 212 g/mol. The second-order valence-electron chi connectivity index (χ2n) is 3.03. The molecule has 0 fully saturated rings. The maximum atomic E-state index is 11.1. The second kappa shape index (κ2) is 5.38. The van der Waals surface area contributed by atoms with Gasteiger partial charge in [0.25, 0.3) is 0 Å². The van der Waals surface area contributed by atoms with Crippen LogP contribution in [0.5, 0.6) is 0 Å². The van der Waals surface area contributed by atoms with Crippen LogP contribution < -0.4 is 5.32 Å². The van der Waals surface area contributed by atoms with Crippen LogP contribution in [-0.2, 0) is 4.79 Å². The zero-order valence-corrected chi connectivity index (χ0v) is 9.08. The van der Waals surface area contributed by atoms with Crippen LogP contribution in [0.3, 0.4) is 0 Å². The van der Waals surface area contributed by atoms with Gasteiger partial charge in [0.15, 0.2) is 0 Å². The Labute approximate surface area is 93.7 Å². The number of halogens is 1. The van der Waals surface area contributed by atoms with Crippen molar-refractivity contribution in [3.05, 3.63) is 34.9 Å². The summed E-state index contributed by atoms with van der Waals surface area (Å²) >= 11 is 5.72. The van der Waals surface area contributed by atoms with E-state index >= 15 is 0 Å². The van der Waals surface area contributed by atoms with Gasteiger partial charge in [0.2, 0.25) is 5.91 Å². The first-order valence-electron chi connectivity index (χ1n) is 4.61. The molecule has 78 valence electrons. The molecule has 1 atom stereocenters. The third kappa shape index (κ3) is 3.26. The average molecular weight is 223 g/mol. The maximum absolute atomic E-state index is 11.1. The van der Waals surface area contributed by atoms with E-state index in [1.807, 2.05) is 6.07 Å². The predicted octanol–water partition coefficient (Wildman–Crippen LogP) is 2.43. The molecule has 0 radical (unpaired) electrons. The van der Waals surface area contributed by atoms with Crippen molar-refractivity contribution in [1.29, 1.82) is 5.26 Å². The van der Waals surface area contributed by atoms with E-state index in [-0.39, 0.29) is 5.91 Å². The predicted molar refractivity (Wildman–Crippen MR) is 58.2 cm³/mol. The second-order valence-corrected chi connectivity index (χ2v) is 3.47. The SMILES string of the molecule is CCC(=O)NC(C#N)c1ccc(Cl)cc1. The molecule has 0 bridgehead atoms. The number of hydrogen-bond acceptors (Lipinski definition) is 2. The lowest BCUT2D eigenvalue weighted by Crippen LogP contribution is -2.26. The monoisotopic (exact) mass is 222 g/mol. The van der Waals surface area contributed by atoms with Crippen LogP contribution in [0.2, 0.25) is 5.02 Å². The number of rotatable bonds is 3. The van der Waals surface area contributed by atoms with Crippen LogP contribution in [0.1, 0.15) is 24.9 Å². The molecule has 0 saturated carbocycles. The summed E-state index contributed by atoms with van der Waals surface area (Å²) in [6, 6.07) is 8.27. The standard InChI is InChI=1S/C11H11ClN2O/c1-2-11(15)14-10(7-13)8-3-5-9(12)6-4-8/h3-6,10H,2H2,1H3,(H,14,15). The zero-order chi connectivity index (χ0) is 11.3. The van der Waals surface area contributed by atoms with Crippen molar-refractivity contribution in [2.24, 2.45) is 0 Å². The van der Waals surface area contributed by atoms with Gasteiger partial charge in [0.1, 0.15) is 6.04 Å². The largest absolute Gasteiger partial charge is 0.337 e. The minimum atomic E-state index is -0.602. The first kappa shape index (κ1) is 11.5. The molecule has 0 aromatic heterocycles. The summed E-state index contributed by atoms with van der Waals surface area (Å²) in [5, 5.41) is 12.1. The number of hydrogen-bond donors (Lipinski definition) is 1. The molecular formula is C11H11ClN2O. The molecule has 1 rings (SSSR count). The van der Waals surface area contributed by atoms with Gasteiger partial charge in [0, 0.05) is 11.4 Å². The van der Waals surface area contributed by atoms with E-state index in [1.54, 1.807) is 31.2 Å². The highest BCUT2D eigenvalue weighted by Crippen LogP contribution is 2.15. The van der Waals surface area contributed by atoms with Gasteiger partial charge in [-0.2, -0.15) is 5.26 Å². The van der Waals surface area contributed by atoms with Crippen LogP contribution in [0, 0.1) is 11.3 Å². The van der Waals surface area contributed by atoms with Gasteiger partial charge in [-0.05, 0) is 17.7 Å². The number of carbonyl (C=O) groups excluding carboxylic acids is 1. The molecule has 1 aromatic rings. The maximum Gasteiger partial charge on any atom is 0.221 e. The molecule has 0 aliphatic rings. The third-order valence-corrected chi connectivity index (χ3v) is 2.21. The summed E-state index contributed by atoms with van der Waals surface area (Å²) in [7, 11) is 0. The van der Waals surface area contributed by atoms with E-state index in [0.29, 0.717) is 11.4 Å². The molecule has 1 aromatic carbocycles. The van der Waals surface area contributed by atoms with E-state index < -0.39 is 6.04 Å². The van der Waals surface area contributed by atoms with Gasteiger partial charge in [-0.3, -0.25) is 4.79 Å². The van der Waals surface area contributed by atoms with E-state index in [0.717, 1.165) is 5.56 Å². The van der Waals surface area contributed by atoms with Gasteiger partial charge in [-0.25, -0.2) is 0 Å². The molecule has 0 heterocycles. The highest BCUT2D eigenvalue weighted by atomic mass is 35.5. The van der Waals surface area contributed by atoms with Crippen molar-refractivity contribution < 1.29 is 4.79 Å². The van der Waals surface area contributed by atoms with Crippen molar-refractivity contribution in [2.75, 3.05) is 0 Å². The molecule has 4 heteroatoms. The number of benzene rings is 1. The topological polar surface area (TPSA) is 52.9 Å². The summed E-state index contributed by atoms with van der Waals surface area (Å²) < 4.78 is 0. The van der Waals surface area contributed by atoms with Crippen molar-refractivity contribution in [3.8, 4) is 6.07 Å². The smallest absolute Gasteiger partial charge is 0.221 e. The number of amides is 1. The van der Waals surface area contributed by atoms with Crippen molar-refractivity contribution in [1.82, 2.24) is 5.32 Å². The van der Waals surface area contributed by atoms with Gasteiger partial charge >= 0.3 is 0 Å². The summed E-state index contributed by atoms with van der Waals surface area (Å²) in [6.07, 6.45) is 0.367. The third-order valence-electron chi connectivity index (χ3n) is 1.96. The summed E-state index contributed by atoms with van der Waals surface area (Å²) in [6.45, 7) is 1.74. The van der Waals surface area contributed by atoms with E-state index in [2.05, 4.69) is 5.32 Å². The number of nitrogens with one attached hydrogen (secondary N) is 1. The summed E-state index contributed by atoms with van der Waals surface area (Å²) in [4.78, 5) is 11.1. The first-order valence-corrected chi connectivity index (χ1v) is 4.99. The molecule has 15 heavy (non-hydrogen) atoms. The van der Waals surface area contributed by atoms with Crippen LogP contribution in [-0.4, -0.2) is 5.91 Å². The quantitative estimate of drug-likeness (QED) is 0.854. The fourth-order valence-corrected chi connectivity index (χ4v) is 1.23. The molecule has 3 nitrogen and oxygen atoms in total. The normalized spacial score (nSPS) is 11.5. The molecule has 0 spiro atoms. The fourth-order valence-electron chi connectivity index (χ4n) is 1.11. The Hall–Kier alpha value is -1.53. The lowest BCUT2D eigenvalue weighted by Gasteiger charge is -2.10. The Morgan fingerprint density at radius 2 is 2.13 bits per heavy atom. The number of nitrogens with zero attached hydrogens (tertiary/aromatic N) is 1. The Kier molecular flexibility index (Phi) is 4.14. The Morgan fingerprint density at radius 3 is 2.60 bits per heavy atom. The van der Waals surface area contributed by atoms with Crippen molar-refractivity contribution >= 4 is 17.5 Å². The van der Waals surface area contributed by atoms with E-state index in [4.69, 9.17) is 16.9 Å². The molecule has 1 unspecified atom stereocenters. The fraction of sp³-hybridized carbons (Fsp3) is 0.273. The van der Waals surface area contributed by atoms with Gasteiger partial charge in [-0.15, -0.1) is 0 Å². The van der Waals surface area contributed by atoms with Crippen LogP contribution in [0.4, 0.5) is 0 Å². The van der Waals surface area contributed by atoms with Crippen LogP contribution in [0.15, 0.2) is 24.3 Å². The van der Waals surface area contributed by atoms with E-state index in [9.17, 15) is 4.79 Å². The van der Waals surface area contributed by atoms with E-state index in [1.165, 1.54) is 0 Å². The Bertz CT molecular complexity index is 381. The molecule has 0 aliphatic heterocycles. The highest BCUT2D eigenvalue weighted by molar-refractivity contribution is 6.30. The minimum absolute atomic E-state index is 0.142. The van der Waals surface area contributed by atoms with Crippen LogP contribution >= 0.6 is 11.6 Å².